The fraction of sp³-hybridized carbons (Fsp3) is 0.519. The molecular weight excluding hydrogens is 528 g/mol. The Bertz CT molecular complexity index is 1140. The molecule has 0 N–H and O–H groups in total. The first-order valence-electron chi connectivity index (χ1n) is 12.7. The van der Waals surface area contributed by atoms with Gasteiger partial charge in [-0.05, 0) is 50.1 Å². The summed E-state index contributed by atoms with van der Waals surface area (Å²) in [5, 5.41) is 0. The summed E-state index contributed by atoms with van der Waals surface area (Å²) >= 11 is 0. The van der Waals surface area contributed by atoms with Gasteiger partial charge in [-0.1, -0.05) is 12.1 Å². The van der Waals surface area contributed by atoms with Crippen LogP contribution in [0.4, 0.5) is 26.3 Å². The fourth-order valence-corrected chi connectivity index (χ4v) is 4.95. The average Bonchev–Trinajstić information content (AvgIpc) is 3.36. The molecule has 4 rings (SSSR count). The zero-order valence-electron chi connectivity index (χ0n) is 21.9. The lowest BCUT2D eigenvalue weighted by atomic mass is 10.00. The lowest BCUT2D eigenvalue weighted by molar-refractivity contribution is -0.143. The Balaban J connectivity index is 1.58. The fourth-order valence-electron chi connectivity index (χ4n) is 4.95. The first kappa shape index (κ1) is 29.0. The minimum Gasteiger partial charge on any atom is -0.454 e. The quantitative estimate of drug-likeness (QED) is 0.436. The largest absolute Gasteiger partial charge is 0.454 e. The number of hydrogen-bond acceptors (Lipinski definition) is 5. The van der Waals surface area contributed by atoms with Gasteiger partial charge in [0.25, 0.3) is 0 Å². The highest BCUT2D eigenvalue weighted by Crippen LogP contribution is 2.41. The molecule has 0 aliphatic carbocycles. The minimum absolute atomic E-state index is 0.0152. The predicted octanol–water partition coefficient (Wildman–Crippen LogP) is 5.22. The second-order valence-electron chi connectivity index (χ2n) is 10.1. The number of amides is 1. The van der Waals surface area contributed by atoms with Crippen molar-refractivity contribution in [2.24, 2.45) is 0 Å². The highest BCUT2D eigenvalue weighted by molar-refractivity contribution is 5.84. The van der Waals surface area contributed by atoms with Crippen LogP contribution in [-0.2, 0) is 23.6 Å². The van der Waals surface area contributed by atoms with Crippen molar-refractivity contribution in [1.29, 1.82) is 0 Å². The molecule has 2 aromatic rings. The number of ether oxygens (including phenoxy) is 2. The molecule has 0 aromatic heterocycles. The van der Waals surface area contributed by atoms with E-state index in [1.54, 1.807) is 18.2 Å². The van der Waals surface area contributed by atoms with Crippen molar-refractivity contribution in [3.8, 4) is 11.5 Å². The van der Waals surface area contributed by atoms with Crippen molar-refractivity contribution in [3.63, 3.8) is 0 Å². The number of fused-ring (bicyclic) bond motifs is 1. The topological polar surface area (TPSA) is 45.2 Å². The zero-order valence-corrected chi connectivity index (χ0v) is 21.9. The third-order valence-corrected chi connectivity index (χ3v) is 7.16. The number of likely N-dealkylation sites (N-methyl/N-ethyl adjacent to an activating group) is 1. The van der Waals surface area contributed by atoms with Gasteiger partial charge < -0.3 is 14.4 Å². The van der Waals surface area contributed by atoms with Crippen LogP contribution in [0.2, 0.25) is 0 Å². The molecule has 2 aliphatic heterocycles. The summed E-state index contributed by atoms with van der Waals surface area (Å²) in [5.74, 6) is 0.639. The molecular formula is C27H31F6N3O3. The van der Waals surface area contributed by atoms with E-state index in [-0.39, 0.29) is 37.3 Å². The lowest BCUT2D eigenvalue weighted by Crippen LogP contribution is -2.52. The van der Waals surface area contributed by atoms with E-state index in [0.29, 0.717) is 48.3 Å². The summed E-state index contributed by atoms with van der Waals surface area (Å²) in [4.78, 5) is 19.5. The van der Waals surface area contributed by atoms with E-state index in [0.717, 1.165) is 13.1 Å². The molecule has 0 bridgehead atoms. The van der Waals surface area contributed by atoms with Crippen molar-refractivity contribution in [2.75, 3.05) is 46.6 Å². The third-order valence-electron chi connectivity index (χ3n) is 7.16. The number of carbonyl (C=O) groups is 1. The highest BCUT2D eigenvalue weighted by atomic mass is 19.4. The normalized spacial score (nSPS) is 17.5. The number of benzene rings is 2. The van der Waals surface area contributed by atoms with Crippen molar-refractivity contribution in [1.82, 2.24) is 14.7 Å². The molecule has 12 heteroatoms. The molecule has 2 aliphatic rings. The molecule has 2 heterocycles. The molecule has 1 saturated heterocycles. The van der Waals surface area contributed by atoms with E-state index in [4.69, 9.17) is 9.47 Å². The lowest BCUT2D eigenvalue weighted by Gasteiger charge is -2.41. The van der Waals surface area contributed by atoms with Crippen LogP contribution in [0, 0.1) is 0 Å². The Hall–Kier alpha value is -2.99. The maximum absolute atomic E-state index is 13.8. The average molecular weight is 560 g/mol. The van der Waals surface area contributed by atoms with Crippen molar-refractivity contribution in [3.05, 3.63) is 58.7 Å². The highest BCUT2D eigenvalue weighted by Gasteiger charge is 2.38. The van der Waals surface area contributed by atoms with Gasteiger partial charge in [-0.3, -0.25) is 14.6 Å². The Morgan fingerprint density at radius 3 is 2.08 bits per heavy atom. The summed E-state index contributed by atoms with van der Waals surface area (Å²) in [5.41, 5.74) is -2.30. The number of alkyl halides is 6. The molecule has 0 radical (unpaired) electrons. The number of nitrogens with zero attached hydrogens (tertiary/aromatic N) is 3. The minimum atomic E-state index is -4.93. The molecule has 1 amide bonds. The van der Waals surface area contributed by atoms with E-state index in [1.807, 2.05) is 4.90 Å². The molecule has 1 unspecified atom stereocenters. The number of rotatable bonds is 7. The Morgan fingerprint density at radius 1 is 0.923 bits per heavy atom. The van der Waals surface area contributed by atoms with Gasteiger partial charge in [0.2, 0.25) is 12.7 Å². The van der Waals surface area contributed by atoms with Crippen LogP contribution in [0.3, 0.4) is 0 Å². The summed E-state index contributed by atoms with van der Waals surface area (Å²) in [7, 11) is 1.50. The van der Waals surface area contributed by atoms with Crippen LogP contribution in [0.15, 0.2) is 36.4 Å². The number of para-hydroxylation sites is 1. The van der Waals surface area contributed by atoms with E-state index in [2.05, 4.69) is 18.7 Å². The maximum Gasteiger partial charge on any atom is 0.416 e. The zero-order chi connectivity index (χ0) is 28.5. The van der Waals surface area contributed by atoms with Crippen LogP contribution < -0.4 is 9.47 Å². The summed E-state index contributed by atoms with van der Waals surface area (Å²) in [6.45, 7) is 6.79. The van der Waals surface area contributed by atoms with E-state index < -0.39 is 29.5 Å². The molecule has 6 nitrogen and oxygen atoms in total. The van der Waals surface area contributed by atoms with Crippen LogP contribution in [-0.4, -0.2) is 73.2 Å². The maximum atomic E-state index is 13.8. The van der Waals surface area contributed by atoms with Crippen LogP contribution in [0.1, 0.15) is 42.1 Å². The van der Waals surface area contributed by atoms with E-state index >= 15 is 0 Å². The van der Waals surface area contributed by atoms with Crippen LogP contribution in [0.25, 0.3) is 0 Å². The Morgan fingerprint density at radius 2 is 1.51 bits per heavy atom. The smallest absolute Gasteiger partial charge is 0.416 e. The van der Waals surface area contributed by atoms with Crippen LogP contribution >= 0.6 is 0 Å². The molecule has 39 heavy (non-hydrogen) atoms. The SMILES string of the molecule is CC(C)N1CCN(C(C(=O)N(C)CCc2cc(C(F)(F)F)cc(C(F)(F)F)c2)c2cccc3c2OCO3)CC1. The van der Waals surface area contributed by atoms with Gasteiger partial charge in [0.1, 0.15) is 6.04 Å². The van der Waals surface area contributed by atoms with Gasteiger partial charge in [-0.2, -0.15) is 26.3 Å². The second kappa shape index (κ2) is 11.2. The Labute approximate surface area is 223 Å². The summed E-state index contributed by atoms with van der Waals surface area (Å²) < 4.78 is 90.9. The van der Waals surface area contributed by atoms with Gasteiger partial charge >= 0.3 is 12.4 Å². The molecule has 1 fully saturated rings. The van der Waals surface area contributed by atoms with E-state index in [1.165, 1.54) is 11.9 Å². The van der Waals surface area contributed by atoms with E-state index in [9.17, 15) is 31.1 Å². The van der Waals surface area contributed by atoms with Crippen LogP contribution in [0.5, 0.6) is 11.5 Å². The molecule has 214 valence electrons. The van der Waals surface area contributed by atoms with Gasteiger partial charge in [-0.15, -0.1) is 0 Å². The number of hydrogen-bond donors (Lipinski definition) is 0. The predicted molar refractivity (Wildman–Crippen MR) is 131 cm³/mol. The molecule has 0 saturated carbocycles. The first-order chi connectivity index (χ1) is 18.3. The van der Waals surface area contributed by atoms with Crippen molar-refractivity contribution < 1.29 is 40.6 Å². The number of halogens is 6. The molecule has 2 aromatic carbocycles. The van der Waals surface area contributed by atoms with Gasteiger partial charge in [-0.25, -0.2) is 0 Å². The first-order valence-corrected chi connectivity index (χ1v) is 12.7. The molecule has 0 spiro atoms. The van der Waals surface area contributed by atoms with Gasteiger partial charge in [0, 0.05) is 51.4 Å². The van der Waals surface area contributed by atoms with Crippen molar-refractivity contribution in [2.45, 2.75) is 44.7 Å². The summed E-state index contributed by atoms with van der Waals surface area (Å²) in [6, 6.07) is 6.36. The number of piperazine rings is 1. The van der Waals surface area contributed by atoms with Gasteiger partial charge in [0.05, 0.1) is 11.1 Å². The van der Waals surface area contributed by atoms with Gasteiger partial charge in [0.15, 0.2) is 11.5 Å². The number of carbonyl (C=O) groups excluding carboxylic acids is 1. The van der Waals surface area contributed by atoms with Crippen molar-refractivity contribution >= 4 is 5.91 Å². The Kier molecular flexibility index (Phi) is 8.36. The monoisotopic (exact) mass is 559 g/mol. The standard InChI is InChI=1S/C27H31F6N3O3/c1-17(2)35-9-11-36(12-10-35)23(21-5-4-6-22-24(21)39-16-38-22)25(37)34(3)8-7-18-13-19(26(28,29)30)15-20(14-18)27(31,32)33/h4-6,13-15,17,23H,7-12,16H2,1-3H3. The summed E-state index contributed by atoms with van der Waals surface area (Å²) in [6.07, 6.45) is -10.1. The molecule has 1 atom stereocenters. The second-order valence-corrected chi connectivity index (χ2v) is 10.1. The third kappa shape index (κ3) is 6.60.